The van der Waals surface area contributed by atoms with E-state index in [1.54, 1.807) is 18.5 Å². The molecule has 2 heterocycles. The largest absolute Gasteiger partial charge is 0.443 e. The molecule has 0 spiro atoms. The van der Waals surface area contributed by atoms with Crippen molar-refractivity contribution in [2.45, 2.75) is 6.54 Å². The summed E-state index contributed by atoms with van der Waals surface area (Å²) >= 11 is 0. The van der Waals surface area contributed by atoms with Crippen LogP contribution in [0.2, 0.25) is 0 Å². The molecule has 0 bridgehead atoms. The van der Waals surface area contributed by atoms with Gasteiger partial charge in [-0.1, -0.05) is 6.07 Å². The number of hydrogen-bond acceptors (Lipinski definition) is 4. The summed E-state index contributed by atoms with van der Waals surface area (Å²) in [7, 11) is 0. The van der Waals surface area contributed by atoms with Gasteiger partial charge in [0.25, 0.3) is 5.91 Å². The molecule has 0 saturated carbocycles. The number of aromatic amines is 1. The van der Waals surface area contributed by atoms with Crippen LogP contribution < -0.4 is 5.32 Å². The summed E-state index contributed by atoms with van der Waals surface area (Å²) in [6.45, 7) is 0.427. The Labute approximate surface area is 125 Å². The van der Waals surface area contributed by atoms with Gasteiger partial charge in [0.2, 0.25) is 0 Å². The van der Waals surface area contributed by atoms with Crippen molar-refractivity contribution in [1.82, 2.24) is 20.3 Å². The maximum Gasteiger partial charge on any atom is 0.251 e. The van der Waals surface area contributed by atoms with Crippen LogP contribution in [-0.2, 0) is 6.54 Å². The van der Waals surface area contributed by atoms with Gasteiger partial charge in [-0.05, 0) is 35.9 Å². The van der Waals surface area contributed by atoms with Crippen LogP contribution in [0.1, 0.15) is 15.9 Å². The van der Waals surface area contributed by atoms with Crippen LogP contribution in [0.15, 0.2) is 53.5 Å². The molecule has 0 aliphatic carbocycles. The van der Waals surface area contributed by atoms with E-state index in [-0.39, 0.29) is 5.91 Å². The van der Waals surface area contributed by atoms with E-state index in [0.29, 0.717) is 17.7 Å². The summed E-state index contributed by atoms with van der Waals surface area (Å²) in [6.07, 6.45) is 3.02. The zero-order valence-electron chi connectivity index (χ0n) is 11.5. The number of amides is 1. The van der Waals surface area contributed by atoms with Crippen LogP contribution in [0, 0.1) is 0 Å². The van der Waals surface area contributed by atoms with Crippen molar-refractivity contribution < 1.29 is 9.21 Å². The number of hydrogen-bond donors (Lipinski definition) is 2. The molecule has 0 atom stereocenters. The fraction of sp³-hybridized carbons (Fsp3) is 0.0625. The summed E-state index contributed by atoms with van der Waals surface area (Å²) in [5.74, 6) is -0.130. The lowest BCUT2D eigenvalue weighted by Gasteiger charge is -2.05. The summed E-state index contributed by atoms with van der Waals surface area (Å²) in [4.78, 5) is 23.4. The Morgan fingerprint density at radius 2 is 2.05 bits per heavy atom. The molecule has 4 rings (SSSR count). The van der Waals surface area contributed by atoms with Gasteiger partial charge in [-0.25, -0.2) is 9.97 Å². The number of nitrogens with one attached hydrogen (secondary N) is 2. The van der Waals surface area contributed by atoms with E-state index in [1.807, 2.05) is 24.3 Å². The molecule has 0 aliphatic rings. The first-order chi connectivity index (χ1) is 10.8. The van der Waals surface area contributed by atoms with Gasteiger partial charge in [0.1, 0.15) is 5.52 Å². The first kappa shape index (κ1) is 12.6. The Bertz CT molecular complexity index is 970. The normalized spacial score (nSPS) is 11.1. The molecule has 2 aromatic carbocycles. The Kier molecular flexibility index (Phi) is 2.86. The van der Waals surface area contributed by atoms with Gasteiger partial charge >= 0.3 is 0 Å². The predicted octanol–water partition coefficient (Wildman–Crippen LogP) is 2.63. The SMILES string of the molecule is O=C(NCc1ccc2ncoc2c1)c1ccc2nc[nH]c2c1. The van der Waals surface area contributed by atoms with Gasteiger partial charge in [-0.3, -0.25) is 4.79 Å². The molecule has 22 heavy (non-hydrogen) atoms. The van der Waals surface area contributed by atoms with Crippen LogP contribution in [0.4, 0.5) is 0 Å². The van der Waals surface area contributed by atoms with E-state index in [2.05, 4.69) is 20.3 Å². The molecule has 2 N–H and O–H groups in total. The highest BCUT2D eigenvalue weighted by Gasteiger charge is 2.08. The number of rotatable bonds is 3. The van der Waals surface area contributed by atoms with Crippen LogP contribution >= 0.6 is 0 Å². The molecule has 0 aliphatic heterocycles. The van der Waals surface area contributed by atoms with Crippen molar-refractivity contribution in [3.8, 4) is 0 Å². The van der Waals surface area contributed by atoms with Crippen molar-refractivity contribution in [2.75, 3.05) is 0 Å². The maximum atomic E-state index is 12.2. The molecule has 6 heteroatoms. The average molecular weight is 292 g/mol. The molecule has 0 saturated heterocycles. The lowest BCUT2D eigenvalue weighted by molar-refractivity contribution is 0.0951. The third kappa shape index (κ3) is 2.20. The number of benzene rings is 2. The molecular weight excluding hydrogens is 280 g/mol. The van der Waals surface area contributed by atoms with E-state index >= 15 is 0 Å². The highest BCUT2D eigenvalue weighted by molar-refractivity contribution is 5.97. The Balaban J connectivity index is 1.51. The molecule has 2 aromatic heterocycles. The summed E-state index contributed by atoms with van der Waals surface area (Å²) in [5.41, 5.74) is 4.76. The smallest absolute Gasteiger partial charge is 0.251 e. The monoisotopic (exact) mass is 292 g/mol. The van der Waals surface area contributed by atoms with Crippen LogP contribution in [0.5, 0.6) is 0 Å². The fourth-order valence-electron chi connectivity index (χ4n) is 2.37. The third-order valence-electron chi connectivity index (χ3n) is 3.53. The predicted molar refractivity (Wildman–Crippen MR) is 81.3 cm³/mol. The number of oxazole rings is 1. The minimum Gasteiger partial charge on any atom is -0.443 e. The molecule has 108 valence electrons. The van der Waals surface area contributed by atoms with Gasteiger partial charge in [-0.2, -0.15) is 0 Å². The standard InChI is InChI=1S/C16H12N4O2/c21-16(11-2-4-12-14(6-11)19-8-18-12)17-7-10-1-3-13-15(5-10)22-9-20-13/h1-6,8-9H,7H2,(H,17,21)(H,18,19). The first-order valence-corrected chi connectivity index (χ1v) is 6.83. The number of nitrogens with zero attached hydrogens (tertiary/aromatic N) is 2. The van der Waals surface area contributed by atoms with E-state index < -0.39 is 0 Å². The van der Waals surface area contributed by atoms with E-state index in [4.69, 9.17) is 4.42 Å². The number of imidazole rings is 1. The lowest BCUT2D eigenvalue weighted by Crippen LogP contribution is -2.22. The topological polar surface area (TPSA) is 83.8 Å². The zero-order chi connectivity index (χ0) is 14.9. The number of carbonyl (C=O) groups is 1. The molecule has 0 fully saturated rings. The van der Waals surface area contributed by atoms with E-state index in [0.717, 1.165) is 22.1 Å². The zero-order valence-corrected chi connectivity index (χ0v) is 11.5. The van der Waals surface area contributed by atoms with Crippen molar-refractivity contribution in [2.24, 2.45) is 0 Å². The summed E-state index contributed by atoms with van der Waals surface area (Å²) in [5, 5.41) is 2.89. The van der Waals surface area contributed by atoms with Crippen LogP contribution in [-0.4, -0.2) is 20.9 Å². The molecule has 1 amide bonds. The Hall–Kier alpha value is -3.15. The second kappa shape index (κ2) is 5.00. The van der Waals surface area contributed by atoms with Gasteiger partial charge < -0.3 is 14.7 Å². The van der Waals surface area contributed by atoms with Crippen molar-refractivity contribution in [3.63, 3.8) is 0 Å². The second-order valence-corrected chi connectivity index (χ2v) is 4.97. The number of H-pyrrole nitrogens is 1. The minimum absolute atomic E-state index is 0.130. The molecule has 0 radical (unpaired) electrons. The fourth-order valence-corrected chi connectivity index (χ4v) is 2.37. The molecule has 0 unspecified atom stereocenters. The van der Waals surface area contributed by atoms with Gasteiger partial charge in [-0.15, -0.1) is 0 Å². The Morgan fingerprint density at radius 3 is 3.00 bits per heavy atom. The van der Waals surface area contributed by atoms with Crippen LogP contribution in [0.3, 0.4) is 0 Å². The highest BCUT2D eigenvalue weighted by Crippen LogP contribution is 2.15. The lowest BCUT2D eigenvalue weighted by atomic mass is 10.1. The number of aromatic nitrogens is 3. The van der Waals surface area contributed by atoms with Crippen molar-refractivity contribution >= 4 is 28.0 Å². The van der Waals surface area contributed by atoms with Gasteiger partial charge in [0.15, 0.2) is 12.0 Å². The maximum absolute atomic E-state index is 12.2. The van der Waals surface area contributed by atoms with Crippen molar-refractivity contribution in [1.29, 1.82) is 0 Å². The highest BCUT2D eigenvalue weighted by atomic mass is 16.3. The minimum atomic E-state index is -0.130. The average Bonchev–Trinajstić information content (AvgIpc) is 3.19. The Morgan fingerprint density at radius 1 is 1.14 bits per heavy atom. The third-order valence-corrected chi connectivity index (χ3v) is 3.53. The van der Waals surface area contributed by atoms with Crippen molar-refractivity contribution in [3.05, 3.63) is 60.2 Å². The first-order valence-electron chi connectivity index (χ1n) is 6.83. The van der Waals surface area contributed by atoms with E-state index in [9.17, 15) is 4.79 Å². The molecule has 6 nitrogen and oxygen atoms in total. The quantitative estimate of drug-likeness (QED) is 0.608. The summed E-state index contributed by atoms with van der Waals surface area (Å²) < 4.78 is 5.25. The van der Waals surface area contributed by atoms with E-state index in [1.165, 1.54) is 6.39 Å². The second-order valence-electron chi connectivity index (χ2n) is 4.97. The van der Waals surface area contributed by atoms with Gasteiger partial charge in [0, 0.05) is 12.1 Å². The van der Waals surface area contributed by atoms with Crippen LogP contribution in [0.25, 0.3) is 22.1 Å². The van der Waals surface area contributed by atoms with Gasteiger partial charge in [0.05, 0.1) is 17.4 Å². The summed E-state index contributed by atoms with van der Waals surface area (Å²) in [6, 6.07) is 11.0. The number of carbonyl (C=O) groups excluding carboxylic acids is 1. The molecular formula is C16H12N4O2. The molecule has 4 aromatic rings. The number of fused-ring (bicyclic) bond motifs is 2.